The highest BCUT2D eigenvalue weighted by Crippen LogP contribution is 2.36. The number of aryl methyl sites for hydroxylation is 1. The Balaban J connectivity index is 0.000000815. The lowest BCUT2D eigenvalue weighted by molar-refractivity contribution is 1.15. The van der Waals surface area contributed by atoms with Gasteiger partial charge in [0.25, 0.3) is 0 Å². The Morgan fingerprint density at radius 3 is 1.88 bits per heavy atom. The van der Waals surface area contributed by atoms with Gasteiger partial charge in [-0.3, -0.25) is 0 Å². The van der Waals surface area contributed by atoms with Crippen LogP contribution >= 0.6 is 0 Å². The van der Waals surface area contributed by atoms with Gasteiger partial charge in [-0.15, -0.1) is 0 Å². The Hall–Kier alpha value is -2.60. The summed E-state index contributed by atoms with van der Waals surface area (Å²) < 4.78 is 0. The summed E-state index contributed by atoms with van der Waals surface area (Å²) in [5.74, 6) is 0. The Morgan fingerprint density at radius 1 is 0.583 bits per heavy atom. The van der Waals surface area contributed by atoms with Gasteiger partial charge in [0.05, 0.1) is 0 Å². The standard InChI is InChI=1S/C22H18.C2H6/c1-2-16-14-15-18-9-4-6-12-20(18)22(16)21-13-7-10-17-8-3-5-11-19(17)21;1-2/h3-15H,2H2,1H3;1-2H3. The minimum Gasteiger partial charge on any atom is -0.0683 e. The molecule has 0 atom stereocenters. The van der Waals surface area contributed by atoms with Crippen LogP contribution < -0.4 is 0 Å². The highest BCUT2D eigenvalue weighted by Gasteiger charge is 2.11. The van der Waals surface area contributed by atoms with Crippen molar-refractivity contribution < 1.29 is 0 Å². The average molecular weight is 312 g/mol. The van der Waals surface area contributed by atoms with Gasteiger partial charge in [-0.1, -0.05) is 99.6 Å². The van der Waals surface area contributed by atoms with Crippen molar-refractivity contribution in [3.63, 3.8) is 0 Å². The predicted molar refractivity (Wildman–Crippen MR) is 108 cm³/mol. The van der Waals surface area contributed by atoms with Crippen molar-refractivity contribution >= 4 is 21.5 Å². The molecule has 0 unspecified atom stereocenters. The van der Waals surface area contributed by atoms with E-state index in [0.29, 0.717) is 0 Å². The summed E-state index contributed by atoms with van der Waals surface area (Å²) in [5.41, 5.74) is 4.14. The van der Waals surface area contributed by atoms with Gasteiger partial charge in [-0.05, 0) is 44.7 Å². The predicted octanol–water partition coefficient (Wildman–Crippen LogP) is 7.25. The molecule has 120 valence electrons. The van der Waals surface area contributed by atoms with Crippen molar-refractivity contribution in [1.29, 1.82) is 0 Å². The van der Waals surface area contributed by atoms with Crippen molar-refractivity contribution in [3.8, 4) is 11.1 Å². The number of hydrogen-bond donors (Lipinski definition) is 0. The van der Waals surface area contributed by atoms with E-state index in [4.69, 9.17) is 0 Å². The van der Waals surface area contributed by atoms with Crippen LogP contribution in [0.3, 0.4) is 0 Å². The normalized spacial score (nSPS) is 10.5. The molecule has 0 heteroatoms. The number of benzene rings is 4. The second-order valence-electron chi connectivity index (χ2n) is 5.70. The fourth-order valence-corrected chi connectivity index (χ4v) is 3.37. The summed E-state index contributed by atoms with van der Waals surface area (Å²) in [7, 11) is 0. The maximum absolute atomic E-state index is 2.28. The lowest BCUT2D eigenvalue weighted by Crippen LogP contribution is -1.91. The molecule has 4 rings (SSSR count). The van der Waals surface area contributed by atoms with Crippen molar-refractivity contribution in [1.82, 2.24) is 0 Å². The van der Waals surface area contributed by atoms with Gasteiger partial charge in [0.1, 0.15) is 0 Å². The molecule has 4 aromatic carbocycles. The lowest BCUT2D eigenvalue weighted by atomic mass is 9.89. The molecule has 0 aromatic heterocycles. The van der Waals surface area contributed by atoms with Crippen LogP contribution in [0.1, 0.15) is 26.3 Å². The van der Waals surface area contributed by atoms with Crippen LogP contribution in [0, 0.1) is 0 Å². The van der Waals surface area contributed by atoms with Gasteiger partial charge in [-0.25, -0.2) is 0 Å². The molecule has 0 radical (unpaired) electrons. The van der Waals surface area contributed by atoms with E-state index in [2.05, 4.69) is 85.8 Å². The molecule has 0 fully saturated rings. The van der Waals surface area contributed by atoms with E-state index in [9.17, 15) is 0 Å². The molecule has 0 N–H and O–H groups in total. The molecule has 0 aliphatic rings. The molecule has 0 aliphatic carbocycles. The molecule has 0 saturated carbocycles. The van der Waals surface area contributed by atoms with Crippen LogP contribution in [0.25, 0.3) is 32.7 Å². The smallest absolute Gasteiger partial charge is 0.00672 e. The molecule has 0 nitrogen and oxygen atoms in total. The number of hydrogen-bond acceptors (Lipinski definition) is 0. The molecule has 0 amide bonds. The maximum atomic E-state index is 2.28. The van der Waals surface area contributed by atoms with Crippen molar-refractivity contribution in [2.24, 2.45) is 0 Å². The molecule has 0 bridgehead atoms. The Kier molecular flexibility index (Phi) is 4.96. The van der Waals surface area contributed by atoms with E-state index < -0.39 is 0 Å². The number of fused-ring (bicyclic) bond motifs is 2. The monoisotopic (exact) mass is 312 g/mol. The average Bonchev–Trinajstić information content (AvgIpc) is 2.68. The zero-order valence-electron chi connectivity index (χ0n) is 14.7. The number of rotatable bonds is 2. The first-order valence-electron chi connectivity index (χ1n) is 8.87. The lowest BCUT2D eigenvalue weighted by Gasteiger charge is -2.14. The molecular formula is C24H24. The molecule has 4 aromatic rings. The SMILES string of the molecule is CC.CCc1ccc2ccccc2c1-c1cccc2ccccc12. The minimum absolute atomic E-state index is 1.05. The maximum Gasteiger partial charge on any atom is -0.00672 e. The Labute approximate surface area is 144 Å². The van der Waals surface area contributed by atoms with E-state index >= 15 is 0 Å². The third-order valence-corrected chi connectivity index (χ3v) is 4.46. The van der Waals surface area contributed by atoms with Crippen molar-refractivity contribution in [2.45, 2.75) is 27.2 Å². The second kappa shape index (κ2) is 7.31. The Morgan fingerprint density at radius 2 is 1.17 bits per heavy atom. The van der Waals surface area contributed by atoms with E-state index in [1.807, 2.05) is 13.8 Å². The van der Waals surface area contributed by atoms with Gasteiger partial charge in [0.15, 0.2) is 0 Å². The first-order chi connectivity index (χ1) is 11.9. The van der Waals surface area contributed by atoms with Crippen LogP contribution in [0.15, 0.2) is 78.9 Å². The van der Waals surface area contributed by atoms with Gasteiger partial charge < -0.3 is 0 Å². The van der Waals surface area contributed by atoms with E-state index in [1.165, 1.54) is 38.2 Å². The van der Waals surface area contributed by atoms with Crippen molar-refractivity contribution in [2.75, 3.05) is 0 Å². The highest BCUT2D eigenvalue weighted by molar-refractivity contribution is 6.06. The van der Waals surface area contributed by atoms with E-state index in [-0.39, 0.29) is 0 Å². The van der Waals surface area contributed by atoms with Crippen LogP contribution in [0.4, 0.5) is 0 Å². The first kappa shape index (κ1) is 16.3. The van der Waals surface area contributed by atoms with Crippen molar-refractivity contribution in [3.05, 3.63) is 84.4 Å². The first-order valence-corrected chi connectivity index (χ1v) is 8.87. The summed E-state index contributed by atoms with van der Waals surface area (Å²) in [6, 6.07) is 28.5. The molecule has 0 heterocycles. The van der Waals surface area contributed by atoms with Gasteiger partial charge in [-0.2, -0.15) is 0 Å². The fourth-order valence-electron chi connectivity index (χ4n) is 3.37. The fraction of sp³-hybridized carbons (Fsp3) is 0.167. The van der Waals surface area contributed by atoms with E-state index in [0.717, 1.165) is 6.42 Å². The molecule has 0 spiro atoms. The molecular weight excluding hydrogens is 288 g/mol. The third-order valence-electron chi connectivity index (χ3n) is 4.46. The molecule has 0 saturated heterocycles. The summed E-state index contributed by atoms with van der Waals surface area (Å²) in [6.45, 7) is 6.23. The van der Waals surface area contributed by atoms with Crippen LogP contribution in [0.5, 0.6) is 0 Å². The quantitative estimate of drug-likeness (QED) is 0.365. The largest absolute Gasteiger partial charge is 0.0683 e. The second-order valence-corrected chi connectivity index (χ2v) is 5.70. The highest BCUT2D eigenvalue weighted by atomic mass is 14.1. The molecule has 24 heavy (non-hydrogen) atoms. The van der Waals surface area contributed by atoms with Crippen LogP contribution in [0.2, 0.25) is 0 Å². The minimum atomic E-state index is 1.05. The summed E-state index contributed by atoms with van der Waals surface area (Å²) in [4.78, 5) is 0. The zero-order chi connectivity index (χ0) is 16.9. The summed E-state index contributed by atoms with van der Waals surface area (Å²) >= 11 is 0. The van der Waals surface area contributed by atoms with Gasteiger partial charge in [0, 0.05) is 0 Å². The third kappa shape index (κ3) is 2.80. The van der Waals surface area contributed by atoms with E-state index in [1.54, 1.807) is 0 Å². The summed E-state index contributed by atoms with van der Waals surface area (Å²) in [5, 5.41) is 5.28. The molecule has 0 aliphatic heterocycles. The summed E-state index contributed by atoms with van der Waals surface area (Å²) in [6.07, 6.45) is 1.05. The van der Waals surface area contributed by atoms with Gasteiger partial charge in [0.2, 0.25) is 0 Å². The van der Waals surface area contributed by atoms with Gasteiger partial charge >= 0.3 is 0 Å². The topological polar surface area (TPSA) is 0 Å². The Bertz CT molecular complexity index is 958. The van der Waals surface area contributed by atoms with Crippen LogP contribution in [-0.2, 0) is 6.42 Å². The zero-order valence-corrected chi connectivity index (χ0v) is 14.7. The van der Waals surface area contributed by atoms with Crippen LogP contribution in [-0.4, -0.2) is 0 Å².